The van der Waals surface area contributed by atoms with E-state index in [2.05, 4.69) is 28.4 Å². The zero-order chi connectivity index (χ0) is 21.5. The molecule has 158 valence electrons. The molecule has 1 atom stereocenters. The lowest BCUT2D eigenvalue weighted by molar-refractivity contribution is 0.0932. The number of benzene rings is 2. The van der Waals surface area contributed by atoms with Gasteiger partial charge in [-0.3, -0.25) is 14.4 Å². The van der Waals surface area contributed by atoms with Crippen molar-refractivity contribution in [3.05, 3.63) is 82.6 Å². The van der Waals surface area contributed by atoms with Crippen LogP contribution in [0.15, 0.2) is 60.9 Å². The second kappa shape index (κ2) is 10.3. The van der Waals surface area contributed by atoms with E-state index in [4.69, 9.17) is 16.3 Å². The number of carbonyl (C=O) groups excluding carboxylic acids is 1. The average molecular weight is 427 g/mol. The monoisotopic (exact) mass is 426 g/mol. The molecule has 6 nitrogen and oxygen atoms in total. The topological polar surface area (TPSA) is 59.4 Å². The van der Waals surface area contributed by atoms with Gasteiger partial charge >= 0.3 is 0 Å². The Morgan fingerprint density at radius 3 is 2.70 bits per heavy atom. The summed E-state index contributed by atoms with van der Waals surface area (Å²) in [5, 5.41) is 7.63. The summed E-state index contributed by atoms with van der Waals surface area (Å²) in [4.78, 5) is 14.5. The predicted molar refractivity (Wildman–Crippen MR) is 119 cm³/mol. The molecule has 1 aromatic heterocycles. The van der Waals surface area contributed by atoms with E-state index in [0.29, 0.717) is 17.1 Å². The molecule has 0 aliphatic rings. The van der Waals surface area contributed by atoms with Crippen molar-refractivity contribution in [2.75, 3.05) is 13.6 Å². The number of carbonyl (C=O) groups is 1. The highest BCUT2D eigenvalue weighted by Crippen LogP contribution is 2.17. The van der Waals surface area contributed by atoms with E-state index in [1.807, 2.05) is 49.2 Å². The van der Waals surface area contributed by atoms with Crippen molar-refractivity contribution in [3.8, 4) is 5.75 Å². The van der Waals surface area contributed by atoms with E-state index in [1.54, 1.807) is 24.3 Å². The van der Waals surface area contributed by atoms with Gasteiger partial charge in [0.1, 0.15) is 11.9 Å². The maximum Gasteiger partial charge on any atom is 0.251 e. The molecule has 0 saturated carbocycles. The molecule has 1 amide bonds. The van der Waals surface area contributed by atoms with Crippen molar-refractivity contribution in [2.45, 2.75) is 26.1 Å². The molecule has 7 heteroatoms. The molecule has 0 fully saturated rings. The van der Waals surface area contributed by atoms with Gasteiger partial charge in [-0.25, -0.2) is 0 Å². The van der Waals surface area contributed by atoms with E-state index in [1.165, 1.54) is 5.56 Å². The molecule has 30 heavy (non-hydrogen) atoms. The van der Waals surface area contributed by atoms with Crippen LogP contribution in [0, 0.1) is 0 Å². The van der Waals surface area contributed by atoms with Crippen LogP contribution in [-0.2, 0) is 20.1 Å². The summed E-state index contributed by atoms with van der Waals surface area (Å²) in [6, 6.07) is 14.9. The molecule has 3 aromatic rings. The van der Waals surface area contributed by atoms with Crippen LogP contribution in [0.1, 0.15) is 28.4 Å². The first kappa shape index (κ1) is 21.9. The third kappa shape index (κ3) is 6.61. The minimum atomic E-state index is -0.170. The number of halogens is 1. The molecule has 3 rings (SSSR count). The first-order chi connectivity index (χ1) is 14.4. The van der Waals surface area contributed by atoms with Crippen molar-refractivity contribution >= 4 is 17.5 Å². The first-order valence-corrected chi connectivity index (χ1v) is 10.2. The Labute approximate surface area is 182 Å². The molecule has 0 saturated heterocycles. The number of aromatic nitrogens is 2. The number of rotatable bonds is 9. The quantitative estimate of drug-likeness (QED) is 0.563. The fourth-order valence-corrected chi connectivity index (χ4v) is 3.38. The fraction of sp³-hybridized carbons (Fsp3) is 0.304. The number of amides is 1. The van der Waals surface area contributed by atoms with Gasteiger partial charge in [-0.15, -0.1) is 0 Å². The molecule has 0 bridgehead atoms. The zero-order valence-electron chi connectivity index (χ0n) is 17.5. The van der Waals surface area contributed by atoms with Gasteiger partial charge in [0.15, 0.2) is 0 Å². The molecule has 0 unspecified atom stereocenters. The van der Waals surface area contributed by atoms with Crippen LogP contribution in [0.2, 0.25) is 5.02 Å². The third-order valence-electron chi connectivity index (χ3n) is 4.54. The van der Waals surface area contributed by atoms with Gasteiger partial charge in [-0.05, 0) is 49.9 Å². The zero-order valence-corrected chi connectivity index (χ0v) is 18.3. The van der Waals surface area contributed by atoms with Crippen LogP contribution >= 0.6 is 11.6 Å². The van der Waals surface area contributed by atoms with Crippen LogP contribution < -0.4 is 10.1 Å². The number of aryl methyl sites for hydroxylation is 1. The second-order valence-corrected chi connectivity index (χ2v) is 7.93. The van der Waals surface area contributed by atoms with Gasteiger partial charge in [0.2, 0.25) is 0 Å². The van der Waals surface area contributed by atoms with Crippen LogP contribution in [0.4, 0.5) is 0 Å². The normalized spacial score (nSPS) is 12.0. The van der Waals surface area contributed by atoms with Crippen molar-refractivity contribution in [2.24, 2.45) is 7.05 Å². The molecule has 0 radical (unpaired) electrons. The second-order valence-electron chi connectivity index (χ2n) is 7.49. The van der Waals surface area contributed by atoms with Crippen LogP contribution in [0.25, 0.3) is 0 Å². The maximum atomic E-state index is 12.2. The highest BCUT2D eigenvalue weighted by atomic mass is 35.5. The molecule has 0 aliphatic heterocycles. The summed E-state index contributed by atoms with van der Waals surface area (Å²) in [7, 11) is 4.00. The standard InChI is InChI=1S/C23H27ClN4O2/c1-17(12-25-23(29)20-7-5-8-21(24)11-20)30-22-9-4-6-18(10-22)14-27(2)15-19-13-26-28(3)16-19/h4-11,13,16-17H,12,14-15H2,1-3H3,(H,25,29)/t17-/m1/s1. The van der Waals surface area contributed by atoms with E-state index in [9.17, 15) is 4.79 Å². The van der Waals surface area contributed by atoms with Crippen molar-refractivity contribution in [3.63, 3.8) is 0 Å². The van der Waals surface area contributed by atoms with Crippen molar-refractivity contribution in [1.82, 2.24) is 20.0 Å². The Kier molecular flexibility index (Phi) is 7.49. The lowest BCUT2D eigenvalue weighted by atomic mass is 10.2. The summed E-state index contributed by atoms with van der Waals surface area (Å²) >= 11 is 5.94. The Morgan fingerprint density at radius 2 is 1.97 bits per heavy atom. The smallest absolute Gasteiger partial charge is 0.251 e. The lowest BCUT2D eigenvalue weighted by Crippen LogP contribution is -2.33. The molecule has 2 aromatic carbocycles. The molecule has 0 aliphatic carbocycles. The summed E-state index contributed by atoms with van der Waals surface area (Å²) in [6.07, 6.45) is 3.74. The van der Waals surface area contributed by atoms with Gasteiger partial charge in [0.25, 0.3) is 5.91 Å². The minimum Gasteiger partial charge on any atom is -0.489 e. The van der Waals surface area contributed by atoms with E-state index in [0.717, 1.165) is 24.4 Å². The Balaban J connectivity index is 1.49. The molecule has 0 spiro atoms. The maximum absolute atomic E-state index is 12.2. The largest absolute Gasteiger partial charge is 0.489 e. The van der Waals surface area contributed by atoms with Crippen LogP contribution in [0.3, 0.4) is 0 Å². The number of hydrogen-bond acceptors (Lipinski definition) is 4. The Hall–Kier alpha value is -2.83. The van der Waals surface area contributed by atoms with E-state index < -0.39 is 0 Å². The SMILES string of the molecule is C[C@H](CNC(=O)c1cccc(Cl)c1)Oc1cccc(CN(C)Cc2cnn(C)c2)c1. The summed E-state index contributed by atoms with van der Waals surface area (Å²) in [6.45, 7) is 3.95. The van der Waals surface area contributed by atoms with Crippen LogP contribution in [-0.4, -0.2) is 40.3 Å². The number of nitrogens with one attached hydrogen (secondary N) is 1. The van der Waals surface area contributed by atoms with Gasteiger partial charge < -0.3 is 10.1 Å². The highest BCUT2D eigenvalue weighted by molar-refractivity contribution is 6.30. The Morgan fingerprint density at radius 1 is 1.20 bits per heavy atom. The number of ether oxygens (including phenoxy) is 1. The van der Waals surface area contributed by atoms with E-state index in [-0.39, 0.29) is 12.0 Å². The highest BCUT2D eigenvalue weighted by Gasteiger charge is 2.10. The minimum absolute atomic E-state index is 0.168. The molecular formula is C23H27ClN4O2. The number of hydrogen-bond donors (Lipinski definition) is 1. The summed E-state index contributed by atoms with van der Waals surface area (Å²) < 4.78 is 7.81. The Bertz CT molecular complexity index is 989. The van der Waals surface area contributed by atoms with Gasteiger partial charge in [-0.2, -0.15) is 5.10 Å². The lowest BCUT2D eigenvalue weighted by Gasteiger charge is -2.18. The summed E-state index contributed by atoms with van der Waals surface area (Å²) in [5.74, 6) is 0.616. The fourth-order valence-electron chi connectivity index (χ4n) is 3.19. The van der Waals surface area contributed by atoms with Gasteiger partial charge in [0.05, 0.1) is 12.7 Å². The van der Waals surface area contributed by atoms with Crippen LogP contribution in [0.5, 0.6) is 5.75 Å². The van der Waals surface area contributed by atoms with Crippen molar-refractivity contribution in [1.29, 1.82) is 0 Å². The number of nitrogens with zero attached hydrogens (tertiary/aromatic N) is 3. The predicted octanol–water partition coefficient (Wildman–Crippen LogP) is 3.90. The average Bonchev–Trinajstić information content (AvgIpc) is 3.10. The van der Waals surface area contributed by atoms with Gasteiger partial charge in [0, 0.05) is 42.5 Å². The first-order valence-electron chi connectivity index (χ1n) is 9.84. The van der Waals surface area contributed by atoms with Crippen molar-refractivity contribution < 1.29 is 9.53 Å². The molecular weight excluding hydrogens is 400 g/mol. The van der Waals surface area contributed by atoms with Gasteiger partial charge in [-0.1, -0.05) is 29.8 Å². The third-order valence-corrected chi connectivity index (χ3v) is 4.77. The summed E-state index contributed by atoms with van der Waals surface area (Å²) in [5.41, 5.74) is 2.87. The van der Waals surface area contributed by atoms with E-state index >= 15 is 0 Å². The molecule has 1 heterocycles. The molecule has 1 N–H and O–H groups in total.